The highest BCUT2D eigenvalue weighted by Gasteiger charge is 2.32. The van der Waals surface area contributed by atoms with Crippen molar-refractivity contribution >= 4 is 24.8 Å². The fourth-order valence-corrected chi connectivity index (χ4v) is 2.93. The molecule has 0 amide bonds. The van der Waals surface area contributed by atoms with Gasteiger partial charge in [-0.3, -0.25) is 4.90 Å². The molecule has 7 heteroatoms. The third kappa shape index (κ3) is 4.51. The molecule has 0 spiro atoms. The number of halogens is 5. The predicted octanol–water partition coefficient (Wildman–Crippen LogP) is 3.69. The molecule has 0 aromatic heterocycles. The average molecular weight is 357 g/mol. The second-order valence-corrected chi connectivity index (χ2v) is 5.77. The summed E-state index contributed by atoms with van der Waals surface area (Å²) in [6, 6.07) is 1.58. The standard InChI is InChI=1S/C15H19F3N2.2ClH/c16-12-9-14(18)13(17)8-11(12)15(7-10-1-2-10)20-5-3-19-4-6-20;;/h8-10,15,19H,1-7H2;2*1H/t15-;;/m0../s1. The van der Waals surface area contributed by atoms with Gasteiger partial charge in [-0.15, -0.1) is 24.8 Å². The molecule has 1 heterocycles. The Morgan fingerprint density at radius 1 is 1.00 bits per heavy atom. The van der Waals surface area contributed by atoms with Crippen molar-refractivity contribution in [2.75, 3.05) is 26.2 Å². The molecular weight excluding hydrogens is 336 g/mol. The van der Waals surface area contributed by atoms with E-state index in [1.165, 1.54) is 0 Å². The van der Waals surface area contributed by atoms with Crippen molar-refractivity contribution in [3.05, 3.63) is 35.1 Å². The molecule has 126 valence electrons. The molecule has 0 radical (unpaired) electrons. The van der Waals surface area contributed by atoms with Crippen LogP contribution in [-0.2, 0) is 0 Å². The van der Waals surface area contributed by atoms with Crippen LogP contribution >= 0.6 is 24.8 Å². The third-order valence-corrected chi connectivity index (χ3v) is 4.24. The van der Waals surface area contributed by atoms with Crippen molar-refractivity contribution in [2.45, 2.75) is 25.3 Å². The molecule has 1 saturated carbocycles. The normalized spacial score (nSPS) is 20.0. The Morgan fingerprint density at radius 3 is 2.18 bits per heavy atom. The molecule has 2 nitrogen and oxygen atoms in total. The summed E-state index contributed by atoms with van der Waals surface area (Å²) < 4.78 is 40.6. The van der Waals surface area contributed by atoms with Gasteiger partial charge in [0, 0.05) is 43.9 Å². The van der Waals surface area contributed by atoms with E-state index < -0.39 is 17.5 Å². The molecule has 2 aliphatic rings. The molecule has 0 unspecified atom stereocenters. The van der Waals surface area contributed by atoms with E-state index in [0.29, 0.717) is 17.5 Å². The Labute approximate surface area is 141 Å². The van der Waals surface area contributed by atoms with Crippen molar-refractivity contribution in [2.24, 2.45) is 5.92 Å². The van der Waals surface area contributed by atoms with Gasteiger partial charge in [-0.2, -0.15) is 0 Å². The lowest BCUT2D eigenvalue weighted by Gasteiger charge is -2.35. The van der Waals surface area contributed by atoms with Crippen LogP contribution in [0.25, 0.3) is 0 Å². The maximum atomic E-state index is 14.1. The van der Waals surface area contributed by atoms with Crippen LogP contribution in [0.2, 0.25) is 0 Å². The summed E-state index contributed by atoms with van der Waals surface area (Å²) in [4.78, 5) is 2.19. The number of benzene rings is 1. The minimum absolute atomic E-state index is 0. The van der Waals surface area contributed by atoms with Crippen LogP contribution in [0.15, 0.2) is 12.1 Å². The molecule has 1 aliphatic heterocycles. The topological polar surface area (TPSA) is 15.3 Å². The zero-order valence-electron chi connectivity index (χ0n) is 12.2. The van der Waals surface area contributed by atoms with Crippen LogP contribution in [0.4, 0.5) is 13.2 Å². The number of rotatable bonds is 4. The minimum Gasteiger partial charge on any atom is -0.314 e. The summed E-state index contributed by atoms with van der Waals surface area (Å²) in [5, 5.41) is 3.26. The Bertz CT molecular complexity index is 492. The van der Waals surface area contributed by atoms with Crippen molar-refractivity contribution < 1.29 is 13.2 Å². The molecule has 1 N–H and O–H groups in total. The smallest absolute Gasteiger partial charge is 0.161 e. The van der Waals surface area contributed by atoms with Crippen LogP contribution in [-0.4, -0.2) is 31.1 Å². The molecule has 3 rings (SSSR count). The van der Waals surface area contributed by atoms with Gasteiger partial charge >= 0.3 is 0 Å². The van der Waals surface area contributed by atoms with Gasteiger partial charge in [0.15, 0.2) is 11.6 Å². The van der Waals surface area contributed by atoms with E-state index >= 15 is 0 Å². The first-order valence-corrected chi connectivity index (χ1v) is 7.24. The highest BCUT2D eigenvalue weighted by atomic mass is 35.5. The van der Waals surface area contributed by atoms with Crippen LogP contribution in [0, 0.1) is 23.4 Å². The molecule has 1 aromatic carbocycles. The largest absolute Gasteiger partial charge is 0.314 e. The van der Waals surface area contributed by atoms with E-state index in [-0.39, 0.29) is 30.9 Å². The number of nitrogens with one attached hydrogen (secondary N) is 1. The minimum atomic E-state index is -1.11. The summed E-state index contributed by atoms with van der Waals surface area (Å²) in [7, 11) is 0. The monoisotopic (exact) mass is 356 g/mol. The van der Waals surface area contributed by atoms with E-state index in [9.17, 15) is 13.2 Å². The second-order valence-electron chi connectivity index (χ2n) is 5.77. The van der Waals surface area contributed by atoms with Gasteiger partial charge in [-0.25, -0.2) is 13.2 Å². The summed E-state index contributed by atoms with van der Waals surface area (Å²) >= 11 is 0. The molecule has 0 bridgehead atoms. The van der Waals surface area contributed by atoms with Gasteiger partial charge in [0.1, 0.15) is 5.82 Å². The Balaban J connectivity index is 0.00000121. The number of hydrogen-bond donors (Lipinski definition) is 1. The second kappa shape index (κ2) is 8.39. The highest BCUT2D eigenvalue weighted by Crippen LogP contribution is 2.41. The Hall–Kier alpha value is -0.490. The first kappa shape index (κ1) is 19.6. The first-order valence-electron chi connectivity index (χ1n) is 7.24. The molecule has 1 aliphatic carbocycles. The predicted molar refractivity (Wildman–Crippen MR) is 85.3 cm³/mol. The van der Waals surface area contributed by atoms with Gasteiger partial charge < -0.3 is 5.32 Å². The Morgan fingerprint density at radius 2 is 1.59 bits per heavy atom. The fraction of sp³-hybridized carbons (Fsp3) is 0.600. The number of piperazine rings is 1. The quantitative estimate of drug-likeness (QED) is 0.827. The highest BCUT2D eigenvalue weighted by molar-refractivity contribution is 5.85. The maximum Gasteiger partial charge on any atom is 0.161 e. The van der Waals surface area contributed by atoms with Crippen LogP contribution in [0.5, 0.6) is 0 Å². The van der Waals surface area contributed by atoms with Crippen molar-refractivity contribution in [1.82, 2.24) is 10.2 Å². The van der Waals surface area contributed by atoms with Gasteiger partial charge in [0.05, 0.1) is 0 Å². The molecule has 1 saturated heterocycles. The lowest BCUT2D eigenvalue weighted by atomic mass is 9.98. The van der Waals surface area contributed by atoms with Gasteiger partial charge in [0.25, 0.3) is 0 Å². The summed E-state index contributed by atoms with van der Waals surface area (Å²) in [5.41, 5.74) is 0.303. The zero-order valence-corrected chi connectivity index (χ0v) is 13.8. The molecule has 1 aromatic rings. The van der Waals surface area contributed by atoms with Gasteiger partial charge in [0.2, 0.25) is 0 Å². The van der Waals surface area contributed by atoms with Crippen LogP contribution < -0.4 is 5.32 Å². The van der Waals surface area contributed by atoms with Gasteiger partial charge in [-0.05, 0) is 18.4 Å². The first-order chi connectivity index (χ1) is 9.65. The summed E-state index contributed by atoms with van der Waals surface area (Å²) in [6.07, 6.45) is 3.16. The van der Waals surface area contributed by atoms with E-state index in [0.717, 1.165) is 51.5 Å². The lowest BCUT2D eigenvalue weighted by Crippen LogP contribution is -2.45. The Kier molecular flexibility index (Phi) is 7.46. The van der Waals surface area contributed by atoms with E-state index in [4.69, 9.17) is 0 Å². The van der Waals surface area contributed by atoms with E-state index in [2.05, 4.69) is 10.2 Å². The van der Waals surface area contributed by atoms with Crippen molar-refractivity contribution in [1.29, 1.82) is 0 Å². The molecule has 1 atom stereocenters. The summed E-state index contributed by atoms with van der Waals surface area (Å²) in [5.74, 6) is -2.11. The average Bonchev–Trinajstić information content (AvgIpc) is 3.26. The summed E-state index contributed by atoms with van der Waals surface area (Å²) in [6.45, 7) is 3.34. The van der Waals surface area contributed by atoms with E-state index in [1.54, 1.807) is 0 Å². The third-order valence-electron chi connectivity index (χ3n) is 4.24. The SMILES string of the molecule is Cl.Cl.Fc1cc(F)c([C@H](CC2CC2)N2CCNCC2)cc1F. The number of nitrogens with zero attached hydrogens (tertiary/aromatic N) is 1. The van der Waals surface area contributed by atoms with Crippen molar-refractivity contribution in [3.8, 4) is 0 Å². The molecular formula is C15H21Cl2F3N2. The van der Waals surface area contributed by atoms with Crippen LogP contribution in [0.3, 0.4) is 0 Å². The zero-order chi connectivity index (χ0) is 14.1. The maximum absolute atomic E-state index is 14.1. The van der Waals surface area contributed by atoms with Crippen LogP contribution in [0.1, 0.15) is 30.9 Å². The van der Waals surface area contributed by atoms with Gasteiger partial charge in [-0.1, -0.05) is 12.8 Å². The van der Waals surface area contributed by atoms with E-state index in [1.807, 2.05) is 0 Å². The number of hydrogen-bond acceptors (Lipinski definition) is 2. The van der Waals surface area contributed by atoms with Crippen molar-refractivity contribution in [3.63, 3.8) is 0 Å². The lowest BCUT2D eigenvalue weighted by molar-refractivity contribution is 0.157. The molecule has 22 heavy (non-hydrogen) atoms. The molecule has 2 fully saturated rings. The fourth-order valence-electron chi connectivity index (χ4n) is 2.93.